The van der Waals surface area contributed by atoms with Gasteiger partial charge in [-0.1, -0.05) is 19.2 Å². The summed E-state index contributed by atoms with van der Waals surface area (Å²) in [5.41, 5.74) is 0.840. The molecule has 0 N–H and O–H groups in total. The monoisotopic (exact) mass is 121 g/mol. The molecule has 0 aromatic heterocycles. The van der Waals surface area contributed by atoms with Crippen LogP contribution in [-0.4, -0.2) is 5.71 Å². The van der Waals surface area contributed by atoms with Crippen LogP contribution in [-0.2, 0) is 0 Å². The van der Waals surface area contributed by atoms with Gasteiger partial charge in [-0.15, -0.1) is 0 Å². The Morgan fingerprint density at radius 3 is 2.44 bits per heavy atom. The van der Waals surface area contributed by atoms with Crippen LogP contribution in [0.15, 0.2) is 42.6 Å². The Bertz CT molecular complexity index is 152. The van der Waals surface area contributed by atoms with E-state index in [1.54, 1.807) is 6.08 Å². The molecule has 48 valence electrons. The van der Waals surface area contributed by atoms with Gasteiger partial charge in [-0.25, -0.2) is 0 Å². The van der Waals surface area contributed by atoms with E-state index in [1.165, 1.54) is 6.20 Å². The minimum atomic E-state index is 0.840. The molecule has 0 saturated heterocycles. The minimum Gasteiger partial charge on any atom is -0.258 e. The highest BCUT2D eigenvalue weighted by Gasteiger charge is 1.78. The van der Waals surface area contributed by atoms with Crippen LogP contribution in [0.4, 0.5) is 0 Å². The SMILES string of the molecule is C=C/N=C(C=C)\C=C/C. The molecule has 0 heterocycles. The summed E-state index contributed by atoms with van der Waals surface area (Å²) in [6.45, 7) is 8.96. The lowest BCUT2D eigenvalue weighted by molar-refractivity contribution is 1.59. The van der Waals surface area contributed by atoms with Gasteiger partial charge in [0.25, 0.3) is 0 Å². The van der Waals surface area contributed by atoms with Gasteiger partial charge < -0.3 is 0 Å². The second-order valence-electron chi connectivity index (χ2n) is 1.44. The Morgan fingerprint density at radius 2 is 2.11 bits per heavy atom. The number of hydrogen-bond acceptors (Lipinski definition) is 1. The zero-order valence-corrected chi connectivity index (χ0v) is 5.67. The van der Waals surface area contributed by atoms with Gasteiger partial charge in [0, 0.05) is 6.20 Å². The number of rotatable bonds is 3. The molecule has 0 unspecified atom stereocenters. The maximum atomic E-state index is 3.91. The van der Waals surface area contributed by atoms with Gasteiger partial charge in [-0.3, -0.25) is 4.99 Å². The van der Waals surface area contributed by atoms with Crippen molar-refractivity contribution >= 4 is 5.71 Å². The first-order chi connectivity index (χ1) is 4.35. The third-order valence-electron chi connectivity index (χ3n) is 0.787. The van der Waals surface area contributed by atoms with Crippen LogP contribution >= 0.6 is 0 Å². The Kier molecular flexibility index (Phi) is 4.41. The first-order valence-electron chi connectivity index (χ1n) is 2.79. The third kappa shape index (κ3) is 3.47. The van der Waals surface area contributed by atoms with Crippen LogP contribution in [0.25, 0.3) is 0 Å². The summed E-state index contributed by atoms with van der Waals surface area (Å²) in [6, 6.07) is 0. The highest BCUT2D eigenvalue weighted by Crippen LogP contribution is 1.83. The fourth-order valence-corrected chi connectivity index (χ4v) is 0.440. The molecule has 0 spiro atoms. The fourth-order valence-electron chi connectivity index (χ4n) is 0.440. The first kappa shape index (κ1) is 7.89. The molecule has 9 heavy (non-hydrogen) atoms. The van der Waals surface area contributed by atoms with Crippen molar-refractivity contribution in [2.24, 2.45) is 4.99 Å². The topological polar surface area (TPSA) is 12.4 Å². The fraction of sp³-hybridized carbons (Fsp3) is 0.125. The molecule has 0 aliphatic heterocycles. The van der Waals surface area contributed by atoms with Crippen molar-refractivity contribution in [3.05, 3.63) is 37.6 Å². The summed E-state index contributed by atoms with van der Waals surface area (Å²) in [5.74, 6) is 0. The van der Waals surface area contributed by atoms with Crippen molar-refractivity contribution in [1.82, 2.24) is 0 Å². The molecule has 0 aromatic rings. The van der Waals surface area contributed by atoms with Gasteiger partial charge in [0.15, 0.2) is 0 Å². The molecule has 0 rings (SSSR count). The maximum absolute atomic E-state index is 3.91. The van der Waals surface area contributed by atoms with Crippen LogP contribution in [0.5, 0.6) is 0 Å². The van der Waals surface area contributed by atoms with E-state index in [2.05, 4.69) is 18.2 Å². The van der Waals surface area contributed by atoms with Crippen molar-refractivity contribution in [3.8, 4) is 0 Å². The molecule has 1 nitrogen and oxygen atoms in total. The summed E-state index contributed by atoms with van der Waals surface area (Å²) in [7, 11) is 0. The lowest BCUT2D eigenvalue weighted by Crippen LogP contribution is -1.82. The highest BCUT2D eigenvalue weighted by molar-refractivity contribution is 6.03. The molecule has 0 atom stereocenters. The molecule has 0 saturated carbocycles. The van der Waals surface area contributed by atoms with E-state index < -0.39 is 0 Å². The number of hydrogen-bond donors (Lipinski definition) is 0. The molecule has 0 amide bonds. The zero-order chi connectivity index (χ0) is 7.11. The lowest BCUT2D eigenvalue weighted by atomic mass is 10.3. The quantitative estimate of drug-likeness (QED) is 0.508. The second-order valence-corrected chi connectivity index (χ2v) is 1.44. The standard InChI is InChI=1S/C8H11N/c1-4-7-8(5-2)9-6-3/h4-7H,2-3H2,1H3/b7-4-,9-8-. The van der Waals surface area contributed by atoms with E-state index in [4.69, 9.17) is 0 Å². The summed E-state index contributed by atoms with van der Waals surface area (Å²) < 4.78 is 0. The van der Waals surface area contributed by atoms with E-state index in [0.29, 0.717) is 0 Å². The van der Waals surface area contributed by atoms with E-state index in [-0.39, 0.29) is 0 Å². The summed E-state index contributed by atoms with van der Waals surface area (Å²) in [5, 5.41) is 0. The maximum Gasteiger partial charge on any atom is 0.0620 e. The van der Waals surface area contributed by atoms with Gasteiger partial charge in [0.05, 0.1) is 5.71 Å². The van der Waals surface area contributed by atoms with E-state index in [9.17, 15) is 0 Å². The summed E-state index contributed by atoms with van der Waals surface area (Å²) >= 11 is 0. The number of nitrogens with zero attached hydrogens (tertiary/aromatic N) is 1. The van der Waals surface area contributed by atoms with Crippen LogP contribution in [0.3, 0.4) is 0 Å². The molecular formula is C8H11N. The predicted molar refractivity (Wildman–Crippen MR) is 42.6 cm³/mol. The van der Waals surface area contributed by atoms with Gasteiger partial charge >= 0.3 is 0 Å². The van der Waals surface area contributed by atoms with Gasteiger partial charge in [0.2, 0.25) is 0 Å². The van der Waals surface area contributed by atoms with Gasteiger partial charge in [-0.05, 0) is 19.1 Å². The number of aliphatic imine (C=N–C) groups is 1. The van der Waals surface area contributed by atoms with E-state index in [0.717, 1.165) is 5.71 Å². The third-order valence-corrected chi connectivity index (χ3v) is 0.787. The zero-order valence-electron chi connectivity index (χ0n) is 5.67. The molecule has 1 heteroatoms. The highest BCUT2D eigenvalue weighted by atomic mass is 14.7. The average Bonchev–Trinajstić information content (AvgIpc) is 1.88. The van der Waals surface area contributed by atoms with Gasteiger partial charge in [0.1, 0.15) is 0 Å². The molecule has 0 bridgehead atoms. The van der Waals surface area contributed by atoms with Crippen LogP contribution in [0.1, 0.15) is 6.92 Å². The van der Waals surface area contributed by atoms with Crippen LogP contribution in [0, 0.1) is 0 Å². The minimum absolute atomic E-state index is 0.840. The average molecular weight is 121 g/mol. The lowest BCUT2D eigenvalue weighted by Gasteiger charge is -1.84. The van der Waals surface area contributed by atoms with E-state index in [1.807, 2.05) is 19.1 Å². The summed E-state index contributed by atoms with van der Waals surface area (Å²) in [4.78, 5) is 3.91. The van der Waals surface area contributed by atoms with Crippen LogP contribution < -0.4 is 0 Å². The largest absolute Gasteiger partial charge is 0.258 e. The van der Waals surface area contributed by atoms with Crippen LogP contribution in [0.2, 0.25) is 0 Å². The van der Waals surface area contributed by atoms with Crippen molar-refractivity contribution in [1.29, 1.82) is 0 Å². The molecule has 0 aliphatic carbocycles. The van der Waals surface area contributed by atoms with Crippen molar-refractivity contribution in [2.75, 3.05) is 0 Å². The van der Waals surface area contributed by atoms with Crippen molar-refractivity contribution in [2.45, 2.75) is 6.92 Å². The molecule has 0 radical (unpaired) electrons. The smallest absolute Gasteiger partial charge is 0.0620 e. The van der Waals surface area contributed by atoms with Crippen molar-refractivity contribution < 1.29 is 0 Å². The van der Waals surface area contributed by atoms with E-state index >= 15 is 0 Å². The Labute approximate surface area is 56.1 Å². The Hall–Kier alpha value is -1.11. The molecular weight excluding hydrogens is 110 g/mol. The summed E-state index contributed by atoms with van der Waals surface area (Å²) in [6.07, 6.45) is 6.96. The molecule has 0 aromatic carbocycles. The molecule has 0 fully saturated rings. The Balaban J connectivity index is 4.13. The normalized spacial score (nSPS) is 11.9. The van der Waals surface area contributed by atoms with Gasteiger partial charge in [-0.2, -0.15) is 0 Å². The molecule has 0 aliphatic rings. The predicted octanol–water partition coefficient (Wildman–Crippen LogP) is 2.33. The second kappa shape index (κ2) is 5.04. The number of allylic oxidation sites excluding steroid dienone is 3. The first-order valence-corrected chi connectivity index (χ1v) is 2.79. The van der Waals surface area contributed by atoms with Crippen molar-refractivity contribution in [3.63, 3.8) is 0 Å². The Morgan fingerprint density at radius 1 is 1.44 bits per heavy atom.